The summed E-state index contributed by atoms with van der Waals surface area (Å²) < 4.78 is 5.25. The van der Waals surface area contributed by atoms with E-state index in [9.17, 15) is 4.79 Å². The lowest BCUT2D eigenvalue weighted by molar-refractivity contribution is 0.123. The van der Waals surface area contributed by atoms with Gasteiger partial charge < -0.3 is 9.64 Å². The molecular formula is C9H10N2O2S. The summed E-state index contributed by atoms with van der Waals surface area (Å²) in [5, 5.41) is 1.85. The van der Waals surface area contributed by atoms with Crippen molar-refractivity contribution in [2.75, 3.05) is 31.2 Å². The maximum Gasteiger partial charge on any atom is 0.241 e. The summed E-state index contributed by atoms with van der Waals surface area (Å²) in [5.74, 6) is 0. The molecule has 0 aromatic carbocycles. The standard InChI is InChI=1S/C9H10N2O2S/c12-7-10-8-1-2-9(14-8)11-3-5-13-6-4-11/h1-2H,3-6H2. The number of thiophene rings is 1. The summed E-state index contributed by atoms with van der Waals surface area (Å²) >= 11 is 1.51. The van der Waals surface area contributed by atoms with Crippen molar-refractivity contribution in [2.45, 2.75) is 0 Å². The second-order valence-corrected chi connectivity index (χ2v) is 3.96. The molecule has 1 aliphatic heterocycles. The van der Waals surface area contributed by atoms with Crippen LogP contribution in [-0.2, 0) is 9.53 Å². The minimum atomic E-state index is 0.710. The highest BCUT2D eigenvalue weighted by Crippen LogP contribution is 2.31. The van der Waals surface area contributed by atoms with E-state index >= 15 is 0 Å². The Morgan fingerprint density at radius 3 is 2.93 bits per heavy atom. The van der Waals surface area contributed by atoms with Crippen LogP contribution in [0.2, 0.25) is 0 Å². The highest BCUT2D eigenvalue weighted by Gasteiger charge is 2.12. The second-order valence-electron chi connectivity index (χ2n) is 2.91. The van der Waals surface area contributed by atoms with Gasteiger partial charge in [0.1, 0.15) is 5.00 Å². The Hall–Kier alpha value is -1.16. The maximum atomic E-state index is 10.0. The third-order valence-corrected chi connectivity index (χ3v) is 3.10. The molecule has 0 saturated carbocycles. The van der Waals surface area contributed by atoms with Crippen LogP contribution in [0.25, 0.3) is 0 Å². The van der Waals surface area contributed by atoms with Gasteiger partial charge in [0.2, 0.25) is 6.08 Å². The molecule has 0 atom stereocenters. The van der Waals surface area contributed by atoms with Gasteiger partial charge in [-0.05, 0) is 12.1 Å². The molecule has 0 radical (unpaired) electrons. The fourth-order valence-electron chi connectivity index (χ4n) is 1.38. The predicted octanol–water partition coefficient (Wildman–Crippen LogP) is 1.55. The van der Waals surface area contributed by atoms with Crippen molar-refractivity contribution in [3.05, 3.63) is 12.1 Å². The fourth-order valence-corrected chi connectivity index (χ4v) is 2.26. The summed E-state index contributed by atoms with van der Waals surface area (Å²) in [6.07, 6.45) is 1.54. The van der Waals surface area contributed by atoms with E-state index in [0.717, 1.165) is 31.3 Å². The third kappa shape index (κ3) is 2.01. The minimum absolute atomic E-state index is 0.710. The Balaban J connectivity index is 2.10. The van der Waals surface area contributed by atoms with Crippen LogP contribution in [-0.4, -0.2) is 32.4 Å². The van der Waals surface area contributed by atoms with Crippen molar-refractivity contribution in [2.24, 2.45) is 4.99 Å². The van der Waals surface area contributed by atoms with Crippen LogP contribution in [0.15, 0.2) is 17.1 Å². The molecule has 0 N–H and O–H groups in total. The average Bonchev–Trinajstić information content (AvgIpc) is 2.68. The molecular weight excluding hydrogens is 200 g/mol. The number of hydrogen-bond acceptors (Lipinski definition) is 5. The highest BCUT2D eigenvalue weighted by atomic mass is 32.1. The molecule has 5 heteroatoms. The van der Waals surface area contributed by atoms with E-state index in [1.54, 1.807) is 6.08 Å². The topological polar surface area (TPSA) is 41.9 Å². The lowest BCUT2D eigenvalue weighted by Crippen LogP contribution is -2.35. The molecule has 0 amide bonds. The highest BCUT2D eigenvalue weighted by molar-refractivity contribution is 7.19. The van der Waals surface area contributed by atoms with E-state index in [4.69, 9.17) is 4.74 Å². The van der Waals surface area contributed by atoms with Crippen LogP contribution in [0.4, 0.5) is 10.0 Å². The Kier molecular flexibility index (Phi) is 2.93. The minimum Gasteiger partial charge on any atom is -0.378 e. The number of hydrogen-bond donors (Lipinski definition) is 0. The summed E-state index contributed by atoms with van der Waals surface area (Å²) in [4.78, 5) is 15.9. The van der Waals surface area contributed by atoms with E-state index in [0.29, 0.717) is 5.00 Å². The van der Waals surface area contributed by atoms with Crippen molar-refractivity contribution >= 4 is 27.4 Å². The number of isocyanates is 1. The zero-order chi connectivity index (χ0) is 9.80. The Labute approximate surface area is 85.8 Å². The molecule has 0 aliphatic carbocycles. The Morgan fingerprint density at radius 2 is 2.21 bits per heavy atom. The van der Waals surface area contributed by atoms with Gasteiger partial charge in [-0.3, -0.25) is 0 Å². The van der Waals surface area contributed by atoms with Gasteiger partial charge in [0.05, 0.1) is 18.2 Å². The zero-order valence-electron chi connectivity index (χ0n) is 7.60. The Bertz CT molecular complexity index is 351. The smallest absolute Gasteiger partial charge is 0.241 e. The number of carbonyl (C=O) groups excluding carboxylic acids is 1. The van der Waals surface area contributed by atoms with Crippen molar-refractivity contribution in [3.63, 3.8) is 0 Å². The fraction of sp³-hybridized carbons (Fsp3) is 0.444. The van der Waals surface area contributed by atoms with Gasteiger partial charge in [-0.25, -0.2) is 4.79 Å². The van der Waals surface area contributed by atoms with Crippen LogP contribution in [0.3, 0.4) is 0 Å². The van der Waals surface area contributed by atoms with Crippen LogP contribution in [0.1, 0.15) is 0 Å². The van der Waals surface area contributed by atoms with Crippen LogP contribution >= 0.6 is 11.3 Å². The zero-order valence-corrected chi connectivity index (χ0v) is 8.42. The first kappa shape index (κ1) is 9.40. The van der Waals surface area contributed by atoms with Crippen molar-refractivity contribution in [3.8, 4) is 0 Å². The van der Waals surface area contributed by atoms with Gasteiger partial charge in [-0.15, -0.1) is 0 Å². The molecule has 1 fully saturated rings. The van der Waals surface area contributed by atoms with Gasteiger partial charge in [0, 0.05) is 13.1 Å². The van der Waals surface area contributed by atoms with E-state index in [1.807, 2.05) is 12.1 Å². The van der Waals surface area contributed by atoms with Gasteiger partial charge in [0.15, 0.2) is 0 Å². The van der Waals surface area contributed by atoms with Gasteiger partial charge in [-0.1, -0.05) is 11.3 Å². The lowest BCUT2D eigenvalue weighted by Gasteiger charge is -2.27. The maximum absolute atomic E-state index is 10.0. The quantitative estimate of drug-likeness (QED) is 0.549. The largest absolute Gasteiger partial charge is 0.378 e. The van der Waals surface area contributed by atoms with Crippen LogP contribution < -0.4 is 4.90 Å². The molecule has 2 rings (SSSR count). The van der Waals surface area contributed by atoms with Gasteiger partial charge >= 0.3 is 0 Å². The summed E-state index contributed by atoms with van der Waals surface area (Å²) in [5.41, 5.74) is 0. The monoisotopic (exact) mass is 210 g/mol. The molecule has 14 heavy (non-hydrogen) atoms. The normalized spacial score (nSPS) is 16.4. The number of aliphatic imine (C=N–C) groups is 1. The number of anilines is 1. The van der Waals surface area contributed by atoms with Crippen LogP contribution in [0, 0.1) is 0 Å². The average molecular weight is 210 g/mol. The molecule has 0 spiro atoms. The number of ether oxygens (including phenoxy) is 1. The molecule has 4 nitrogen and oxygen atoms in total. The third-order valence-electron chi connectivity index (χ3n) is 2.06. The van der Waals surface area contributed by atoms with Gasteiger partial charge in [-0.2, -0.15) is 4.99 Å². The lowest BCUT2D eigenvalue weighted by atomic mass is 10.4. The molecule has 2 heterocycles. The molecule has 0 bridgehead atoms. The Morgan fingerprint density at radius 1 is 1.43 bits per heavy atom. The van der Waals surface area contributed by atoms with E-state index < -0.39 is 0 Å². The first-order chi connectivity index (χ1) is 6.90. The number of rotatable bonds is 2. The predicted molar refractivity (Wildman–Crippen MR) is 55.1 cm³/mol. The summed E-state index contributed by atoms with van der Waals surface area (Å²) in [6, 6.07) is 3.81. The SMILES string of the molecule is O=C=Nc1ccc(N2CCOCC2)s1. The molecule has 1 saturated heterocycles. The molecule has 74 valence electrons. The van der Waals surface area contributed by atoms with E-state index in [-0.39, 0.29) is 0 Å². The molecule has 1 aromatic rings. The summed E-state index contributed by atoms with van der Waals surface area (Å²) in [6.45, 7) is 3.35. The van der Waals surface area contributed by atoms with E-state index in [2.05, 4.69) is 9.89 Å². The molecule has 1 aromatic heterocycles. The van der Waals surface area contributed by atoms with Gasteiger partial charge in [0.25, 0.3) is 0 Å². The van der Waals surface area contributed by atoms with Crippen molar-refractivity contribution < 1.29 is 9.53 Å². The first-order valence-corrected chi connectivity index (χ1v) is 5.22. The molecule has 0 unspecified atom stereocenters. The second kappa shape index (κ2) is 4.37. The van der Waals surface area contributed by atoms with Crippen molar-refractivity contribution in [1.29, 1.82) is 0 Å². The first-order valence-electron chi connectivity index (χ1n) is 4.40. The van der Waals surface area contributed by atoms with E-state index in [1.165, 1.54) is 11.3 Å². The number of morpholine rings is 1. The van der Waals surface area contributed by atoms with Crippen LogP contribution in [0.5, 0.6) is 0 Å². The number of nitrogens with zero attached hydrogens (tertiary/aromatic N) is 2. The molecule has 1 aliphatic rings. The van der Waals surface area contributed by atoms with Crippen molar-refractivity contribution in [1.82, 2.24) is 0 Å². The summed E-state index contributed by atoms with van der Waals surface area (Å²) in [7, 11) is 0.